The first-order chi connectivity index (χ1) is 20.6. The highest BCUT2D eigenvalue weighted by Gasteiger charge is 2.25. The molecule has 3 aromatic carbocycles. The van der Waals surface area contributed by atoms with Gasteiger partial charge in [-0.1, -0.05) is 59.6 Å². The number of amides is 3. The lowest BCUT2D eigenvalue weighted by molar-refractivity contribution is -0.139. The summed E-state index contributed by atoms with van der Waals surface area (Å²) in [6.07, 6.45) is -1.06. The Morgan fingerprint density at radius 3 is 2.33 bits per heavy atom. The topological polar surface area (TPSA) is 161 Å². The number of aliphatic carboxylic acids is 1. The number of carboxylic acid groups (broad SMARTS) is 1. The van der Waals surface area contributed by atoms with E-state index in [-0.39, 0.29) is 34.3 Å². The van der Waals surface area contributed by atoms with Crippen LogP contribution in [0.25, 0.3) is 11.1 Å². The molecule has 4 rings (SSSR count). The van der Waals surface area contributed by atoms with Crippen LogP contribution in [0.15, 0.2) is 71.7 Å². The molecule has 0 saturated carbocycles. The minimum Gasteiger partial charge on any atom is -0.480 e. The molecule has 0 saturated heterocycles. The van der Waals surface area contributed by atoms with Crippen LogP contribution in [0.3, 0.4) is 0 Å². The van der Waals surface area contributed by atoms with E-state index in [0.717, 1.165) is 5.56 Å². The third-order valence-electron chi connectivity index (χ3n) is 6.22. The molecule has 43 heavy (non-hydrogen) atoms. The second-order valence-corrected chi connectivity index (χ2v) is 10.2. The molecule has 6 N–H and O–H groups in total. The molecule has 0 spiro atoms. The van der Waals surface area contributed by atoms with E-state index in [1.165, 1.54) is 12.1 Å². The number of alkyl halides is 1. The van der Waals surface area contributed by atoms with Crippen molar-refractivity contribution in [2.75, 3.05) is 31.5 Å². The Bertz CT molecular complexity index is 1530. The van der Waals surface area contributed by atoms with Crippen molar-refractivity contribution in [3.8, 4) is 11.1 Å². The van der Waals surface area contributed by atoms with Crippen molar-refractivity contribution in [3.05, 3.63) is 87.9 Å². The van der Waals surface area contributed by atoms with Crippen molar-refractivity contribution < 1.29 is 28.7 Å². The number of benzene rings is 3. The van der Waals surface area contributed by atoms with Gasteiger partial charge in [-0.25, -0.2) is 14.2 Å². The summed E-state index contributed by atoms with van der Waals surface area (Å²) >= 11 is 12.7. The Hall–Kier alpha value is -4.68. The Labute approximate surface area is 255 Å². The van der Waals surface area contributed by atoms with Gasteiger partial charge in [0, 0.05) is 17.8 Å². The van der Waals surface area contributed by atoms with Gasteiger partial charge in [-0.2, -0.15) is 0 Å². The fourth-order valence-corrected chi connectivity index (χ4v) is 4.69. The van der Waals surface area contributed by atoms with E-state index in [1.54, 1.807) is 24.3 Å². The van der Waals surface area contributed by atoms with E-state index >= 15 is 0 Å². The third-order valence-corrected chi connectivity index (χ3v) is 6.81. The normalized spacial score (nSPS) is 14.9. The molecule has 11 nitrogen and oxygen atoms in total. The highest BCUT2D eigenvalue weighted by Crippen LogP contribution is 2.31. The van der Waals surface area contributed by atoms with Gasteiger partial charge in [-0.05, 0) is 41.5 Å². The first-order valence-electron chi connectivity index (χ1n) is 13.0. The van der Waals surface area contributed by atoms with Crippen molar-refractivity contribution in [1.82, 2.24) is 21.3 Å². The zero-order valence-electron chi connectivity index (χ0n) is 22.5. The fraction of sp³-hybridized carbons (Fsp3) is 0.207. The molecular formula is C29H27Cl2FN6O5. The Morgan fingerprint density at radius 1 is 0.953 bits per heavy atom. The lowest BCUT2D eigenvalue weighted by atomic mass is 10.0. The summed E-state index contributed by atoms with van der Waals surface area (Å²) < 4.78 is 13.2. The predicted molar refractivity (Wildman–Crippen MR) is 161 cm³/mol. The summed E-state index contributed by atoms with van der Waals surface area (Å²) in [5.74, 6) is -3.12. The summed E-state index contributed by atoms with van der Waals surface area (Å²) in [5.41, 5.74) is 2.15. The fourth-order valence-electron chi connectivity index (χ4n) is 4.04. The molecule has 1 aliphatic rings. The number of carbonyl (C=O) groups excluding carboxylic acids is 3. The number of carboxylic acids is 1. The molecule has 1 heterocycles. The van der Waals surface area contributed by atoms with Gasteiger partial charge in [0.15, 0.2) is 5.96 Å². The van der Waals surface area contributed by atoms with Gasteiger partial charge in [0.2, 0.25) is 5.91 Å². The SMILES string of the molecule is O=C(CNC(=O)c1cccc(NC2=NCC(F)CN2)c1)NC[C@H](NC(=O)c1c(Cl)cc(-c2ccccc2)cc1Cl)C(=O)O. The zero-order valence-corrected chi connectivity index (χ0v) is 24.0. The summed E-state index contributed by atoms with van der Waals surface area (Å²) in [7, 11) is 0. The van der Waals surface area contributed by atoms with Crippen LogP contribution in [0.2, 0.25) is 10.0 Å². The number of anilines is 1. The van der Waals surface area contributed by atoms with Gasteiger partial charge in [-0.3, -0.25) is 14.4 Å². The minimum absolute atomic E-state index is 0.0235. The first-order valence-corrected chi connectivity index (χ1v) is 13.8. The molecule has 3 amide bonds. The molecule has 0 bridgehead atoms. The van der Waals surface area contributed by atoms with E-state index in [1.807, 2.05) is 30.3 Å². The van der Waals surface area contributed by atoms with Crippen molar-refractivity contribution in [1.29, 1.82) is 0 Å². The lowest BCUT2D eigenvalue weighted by Crippen LogP contribution is -2.50. The van der Waals surface area contributed by atoms with Crippen LogP contribution >= 0.6 is 23.2 Å². The predicted octanol–water partition coefficient (Wildman–Crippen LogP) is 3.10. The van der Waals surface area contributed by atoms with Gasteiger partial charge >= 0.3 is 5.97 Å². The van der Waals surface area contributed by atoms with Crippen LogP contribution in [0, 0.1) is 0 Å². The molecule has 14 heteroatoms. The maximum Gasteiger partial charge on any atom is 0.328 e. The van der Waals surface area contributed by atoms with Crippen molar-refractivity contribution >= 4 is 58.5 Å². The summed E-state index contributed by atoms with van der Waals surface area (Å²) in [5, 5.41) is 22.5. The minimum atomic E-state index is -1.51. The van der Waals surface area contributed by atoms with Crippen LogP contribution in [-0.4, -0.2) is 73.1 Å². The number of hydrogen-bond acceptors (Lipinski definition) is 7. The van der Waals surface area contributed by atoms with Gasteiger partial charge in [0.25, 0.3) is 11.8 Å². The number of rotatable bonds is 10. The molecule has 1 unspecified atom stereocenters. The van der Waals surface area contributed by atoms with E-state index in [0.29, 0.717) is 17.2 Å². The summed E-state index contributed by atoms with van der Waals surface area (Å²) in [4.78, 5) is 53.6. The molecular weight excluding hydrogens is 602 g/mol. The average Bonchev–Trinajstić information content (AvgIpc) is 2.99. The Morgan fingerprint density at radius 2 is 1.67 bits per heavy atom. The standard InChI is InChI=1S/C29H27Cl2FN6O5/c30-21-10-18(16-5-2-1-3-6-16)11-22(31)25(21)27(41)38-23(28(42)43)14-33-24(39)15-34-26(40)17-7-4-8-20(9-17)37-29-35-12-19(32)13-36-29/h1-11,19,23H,12-15H2,(H,33,39)(H,34,40)(H,38,41)(H,42,43)(H2,35,36,37)/t23-/m0/s1. The number of halogens is 3. The van der Waals surface area contributed by atoms with Gasteiger partial charge in [0.05, 0.1) is 35.2 Å². The van der Waals surface area contributed by atoms with Crippen LogP contribution in [0.1, 0.15) is 20.7 Å². The molecule has 2 atom stereocenters. The van der Waals surface area contributed by atoms with Crippen LogP contribution < -0.4 is 26.6 Å². The average molecular weight is 629 g/mol. The molecule has 0 fully saturated rings. The molecule has 0 radical (unpaired) electrons. The van der Waals surface area contributed by atoms with Crippen molar-refractivity contribution in [2.24, 2.45) is 4.99 Å². The molecule has 1 aliphatic heterocycles. The van der Waals surface area contributed by atoms with Crippen molar-refractivity contribution in [2.45, 2.75) is 12.2 Å². The monoisotopic (exact) mass is 628 g/mol. The number of hydrogen-bond donors (Lipinski definition) is 6. The molecule has 224 valence electrons. The number of nitrogens with zero attached hydrogens (tertiary/aromatic N) is 1. The number of aliphatic imine (C=N–C) groups is 1. The van der Waals surface area contributed by atoms with Crippen LogP contribution in [0.4, 0.5) is 10.1 Å². The number of nitrogens with one attached hydrogen (secondary N) is 5. The van der Waals surface area contributed by atoms with E-state index < -0.39 is 49.0 Å². The molecule has 3 aromatic rings. The highest BCUT2D eigenvalue weighted by atomic mass is 35.5. The number of carbonyl (C=O) groups is 4. The smallest absolute Gasteiger partial charge is 0.328 e. The van der Waals surface area contributed by atoms with Gasteiger partial charge in [0.1, 0.15) is 12.2 Å². The summed E-state index contributed by atoms with van der Waals surface area (Å²) in [6, 6.07) is 17.2. The second-order valence-electron chi connectivity index (χ2n) is 9.41. The van der Waals surface area contributed by atoms with Crippen LogP contribution in [-0.2, 0) is 9.59 Å². The highest BCUT2D eigenvalue weighted by molar-refractivity contribution is 6.40. The van der Waals surface area contributed by atoms with Crippen molar-refractivity contribution in [3.63, 3.8) is 0 Å². The molecule has 0 aromatic heterocycles. The van der Waals surface area contributed by atoms with E-state index in [9.17, 15) is 28.7 Å². The van der Waals surface area contributed by atoms with E-state index in [2.05, 4.69) is 31.6 Å². The largest absolute Gasteiger partial charge is 0.480 e. The third kappa shape index (κ3) is 8.66. The quantitative estimate of drug-likeness (QED) is 0.201. The first kappa shape index (κ1) is 31.3. The Kier molecular flexibility index (Phi) is 10.5. The van der Waals surface area contributed by atoms with E-state index in [4.69, 9.17) is 23.2 Å². The van der Waals surface area contributed by atoms with Gasteiger partial charge in [-0.15, -0.1) is 0 Å². The maximum absolute atomic E-state index is 13.2. The number of guanidine groups is 1. The molecule has 0 aliphatic carbocycles. The zero-order chi connectivity index (χ0) is 30.9. The Balaban J connectivity index is 1.29. The van der Waals surface area contributed by atoms with Crippen LogP contribution in [0.5, 0.6) is 0 Å². The maximum atomic E-state index is 13.2. The second kappa shape index (κ2) is 14.5. The lowest BCUT2D eigenvalue weighted by Gasteiger charge is -2.19. The summed E-state index contributed by atoms with van der Waals surface area (Å²) in [6.45, 7) is -0.778. The van der Waals surface area contributed by atoms with Gasteiger partial charge < -0.3 is 31.7 Å².